The number of hydrogen-bond acceptors (Lipinski definition) is 4. The molecule has 7 atom stereocenters. The molecule has 0 aliphatic heterocycles. The number of fused-ring (bicyclic) bond motifs is 5. The van der Waals surface area contributed by atoms with Gasteiger partial charge in [-0.25, -0.2) is 0 Å². The van der Waals surface area contributed by atoms with E-state index in [4.69, 9.17) is 0 Å². The number of Topliss-reactive ketones (excluding diaryl/α,β-unsaturated/α-hetero) is 1. The second kappa shape index (κ2) is 4.54. The minimum Gasteiger partial charge on any atom is -0.393 e. The molecule has 0 aromatic carbocycles. The molecule has 0 spiro atoms. The second-order valence-electron chi connectivity index (χ2n) is 8.71. The van der Waals surface area contributed by atoms with Crippen molar-refractivity contribution in [3.05, 3.63) is 12.2 Å². The summed E-state index contributed by atoms with van der Waals surface area (Å²) in [7, 11) is 0. The van der Waals surface area contributed by atoms with Crippen LogP contribution < -0.4 is 0 Å². The molecule has 3 saturated carbocycles. The van der Waals surface area contributed by atoms with Crippen molar-refractivity contribution in [2.24, 2.45) is 28.6 Å². The number of rotatable bonds is 0. The van der Waals surface area contributed by atoms with Crippen LogP contribution in [0.3, 0.4) is 0 Å². The van der Waals surface area contributed by atoms with E-state index in [1.54, 1.807) is 6.08 Å². The highest BCUT2D eigenvalue weighted by Gasteiger charge is 2.68. The summed E-state index contributed by atoms with van der Waals surface area (Å²) in [5, 5.41) is 22.2. The van der Waals surface area contributed by atoms with Crippen LogP contribution in [0, 0.1) is 28.6 Å². The van der Waals surface area contributed by atoms with E-state index in [0.29, 0.717) is 32.1 Å². The zero-order valence-corrected chi connectivity index (χ0v) is 13.9. The van der Waals surface area contributed by atoms with E-state index in [0.717, 1.165) is 6.42 Å². The minimum atomic E-state index is -1.00. The molecule has 4 heteroatoms. The van der Waals surface area contributed by atoms with Gasteiger partial charge in [-0.15, -0.1) is 0 Å². The van der Waals surface area contributed by atoms with Gasteiger partial charge in [-0.3, -0.25) is 9.59 Å². The monoisotopic (exact) mass is 318 g/mol. The summed E-state index contributed by atoms with van der Waals surface area (Å²) in [6, 6.07) is 0. The Labute approximate surface area is 137 Å². The standard InChI is InChI=1S/C19H26O4/c1-17-6-3-11(20)9-14(17)15(21)10-13-12(17)4-7-18(2)16(22)5-8-19(13,18)23/h3,6,12-15,21,23H,4-5,7-10H2,1-2H3/t12-,13+,14?,15+,17+,18+,19+/m0/s1. The Bertz CT molecular complexity index is 610. The maximum Gasteiger partial charge on any atom is 0.155 e. The average molecular weight is 318 g/mol. The Hall–Kier alpha value is -1.00. The molecular weight excluding hydrogens is 292 g/mol. The lowest BCUT2D eigenvalue weighted by atomic mass is 9.44. The van der Waals surface area contributed by atoms with E-state index in [9.17, 15) is 19.8 Å². The number of aliphatic hydroxyl groups excluding tert-OH is 1. The molecule has 4 aliphatic rings. The quantitative estimate of drug-likeness (QED) is 0.717. The van der Waals surface area contributed by atoms with Gasteiger partial charge in [-0.05, 0) is 55.9 Å². The Morgan fingerprint density at radius 3 is 2.61 bits per heavy atom. The number of carbonyl (C=O) groups is 2. The van der Waals surface area contributed by atoms with Crippen LogP contribution in [0.4, 0.5) is 0 Å². The maximum absolute atomic E-state index is 12.4. The average Bonchev–Trinajstić information content (AvgIpc) is 2.74. The van der Waals surface area contributed by atoms with Crippen molar-refractivity contribution < 1.29 is 19.8 Å². The summed E-state index contributed by atoms with van der Waals surface area (Å²) in [4.78, 5) is 24.2. The van der Waals surface area contributed by atoms with Crippen molar-refractivity contribution in [1.82, 2.24) is 0 Å². The Balaban J connectivity index is 1.79. The molecule has 0 aromatic rings. The van der Waals surface area contributed by atoms with Crippen molar-refractivity contribution in [3.8, 4) is 0 Å². The lowest BCUT2D eigenvalue weighted by molar-refractivity contribution is -0.205. The molecule has 4 aliphatic carbocycles. The highest BCUT2D eigenvalue weighted by Crippen LogP contribution is 2.65. The van der Waals surface area contributed by atoms with Gasteiger partial charge in [0.15, 0.2) is 5.78 Å². The number of hydrogen-bond donors (Lipinski definition) is 2. The third kappa shape index (κ3) is 1.74. The Morgan fingerprint density at radius 1 is 1.13 bits per heavy atom. The van der Waals surface area contributed by atoms with Crippen LogP contribution in [0.2, 0.25) is 0 Å². The van der Waals surface area contributed by atoms with Gasteiger partial charge in [0, 0.05) is 18.8 Å². The second-order valence-corrected chi connectivity index (χ2v) is 8.71. The van der Waals surface area contributed by atoms with Gasteiger partial charge in [-0.2, -0.15) is 0 Å². The fourth-order valence-electron chi connectivity index (χ4n) is 6.40. The van der Waals surface area contributed by atoms with E-state index in [-0.39, 0.29) is 34.7 Å². The van der Waals surface area contributed by atoms with Crippen LogP contribution in [0.5, 0.6) is 0 Å². The van der Waals surface area contributed by atoms with Crippen LogP contribution in [-0.4, -0.2) is 33.5 Å². The predicted molar refractivity (Wildman–Crippen MR) is 84.5 cm³/mol. The van der Waals surface area contributed by atoms with Crippen molar-refractivity contribution in [1.29, 1.82) is 0 Å². The van der Waals surface area contributed by atoms with E-state index < -0.39 is 17.1 Å². The Kier molecular flexibility index (Phi) is 3.07. The van der Waals surface area contributed by atoms with Crippen molar-refractivity contribution in [3.63, 3.8) is 0 Å². The maximum atomic E-state index is 12.4. The molecule has 3 fully saturated rings. The minimum absolute atomic E-state index is 0.0636. The first-order valence-corrected chi connectivity index (χ1v) is 8.88. The Morgan fingerprint density at radius 2 is 1.87 bits per heavy atom. The highest BCUT2D eigenvalue weighted by molar-refractivity contribution is 5.91. The van der Waals surface area contributed by atoms with Crippen LogP contribution in [-0.2, 0) is 9.59 Å². The van der Waals surface area contributed by atoms with Gasteiger partial charge in [0.05, 0.1) is 17.1 Å². The predicted octanol–water partition coefficient (Wildman–Crippen LogP) is 2.03. The van der Waals surface area contributed by atoms with E-state index >= 15 is 0 Å². The lowest BCUT2D eigenvalue weighted by Crippen LogP contribution is -2.64. The summed E-state index contributed by atoms with van der Waals surface area (Å²) in [5.41, 5.74) is -1.93. The fourth-order valence-corrected chi connectivity index (χ4v) is 6.40. The van der Waals surface area contributed by atoms with E-state index in [1.807, 2.05) is 13.0 Å². The van der Waals surface area contributed by atoms with Gasteiger partial charge < -0.3 is 10.2 Å². The van der Waals surface area contributed by atoms with E-state index in [1.165, 1.54) is 0 Å². The lowest BCUT2D eigenvalue weighted by Gasteiger charge is -2.61. The van der Waals surface area contributed by atoms with Gasteiger partial charge in [0.25, 0.3) is 0 Å². The highest BCUT2D eigenvalue weighted by atomic mass is 16.3. The van der Waals surface area contributed by atoms with Crippen LogP contribution in [0.15, 0.2) is 12.2 Å². The summed E-state index contributed by atoms with van der Waals surface area (Å²) in [5.74, 6) is 0.354. The van der Waals surface area contributed by atoms with Crippen molar-refractivity contribution in [2.45, 2.75) is 64.1 Å². The summed E-state index contributed by atoms with van der Waals surface area (Å²) in [6.07, 6.45) is 6.50. The molecule has 0 bridgehead atoms. The summed E-state index contributed by atoms with van der Waals surface area (Å²) >= 11 is 0. The third-order valence-electron chi connectivity index (χ3n) is 7.97. The molecule has 0 radical (unpaired) electrons. The molecule has 1 unspecified atom stereocenters. The molecule has 4 rings (SSSR count). The van der Waals surface area contributed by atoms with Crippen LogP contribution >= 0.6 is 0 Å². The fraction of sp³-hybridized carbons (Fsp3) is 0.789. The first-order chi connectivity index (χ1) is 10.7. The van der Waals surface area contributed by atoms with Gasteiger partial charge in [0.2, 0.25) is 0 Å². The smallest absolute Gasteiger partial charge is 0.155 e. The zero-order chi connectivity index (χ0) is 16.6. The number of carbonyl (C=O) groups excluding carboxylic acids is 2. The number of allylic oxidation sites excluding steroid dienone is 2. The molecule has 2 N–H and O–H groups in total. The van der Waals surface area contributed by atoms with Gasteiger partial charge >= 0.3 is 0 Å². The number of aliphatic hydroxyl groups is 2. The number of ketones is 2. The first kappa shape index (κ1) is 15.5. The molecule has 4 nitrogen and oxygen atoms in total. The molecular formula is C19H26O4. The first-order valence-electron chi connectivity index (χ1n) is 8.88. The zero-order valence-electron chi connectivity index (χ0n) is 13.9. The topological polar surface area (TPSA) is 74.6 Å². The van der Waals surface area contributed by atoms with Gasteiger partial charge in [-0.1, -0.05) is 13.0 Å². The molecule has 0 saturated heterocycles. The summed E-state index contributed by atoms with van der Waals surface area (Å²) in [6.45, 7) is 4.04. The summed E-state index contributed by atoms with van der Waals surface area (Å²) < 4.78 is 0. The largest absolute Gasteiger partial charge is 0.393 e. The molecule has 0 amide bonds. The van der Waals surface area contributed by atoms with Gasteiger partial charge in [0.1, 0.15) is 5.78 Å². The van der Waals surface area contributed by atoms with Crippen LogP contribution in [0.1, 0.15) is 52.4 Å². The van der Waals surface area contributed by atoms with Crippen molar-refractivity contribution >= 4 is 11.6 Å². The normalized spacial score (nSPS) is 55.3. The van der Waals surface area contributed by atoms with Crippen LogP contribution in [0.25, 0.3) is 0 Å². The molecule has 126 valence electrons. The molecule has 0 aromatic heterocycles. The SMILES string of the molecule is C[C@]12C=CC(=O)CC1[C@H](O)C[C@@H]1[C@@H]2CC[C@]2(C)C(=O)CC[C@@]12O. The van der Waals surface area contributed by atoms with E-state index in [2.05, 4.69) is 6.92 Å². The molecule has 23 heavy (non-hydrogen) atoms. The molecule has 0 heterocycles. The third-order valence-corrected chi connectivity index (χ3v) is 7.97. The van der Waals surface area contributed by atoms with Crippen molar-refractivity contribution in [2.75, 3.05) is 0 Å².